The Hall–Kier alpha value is -0.130. The van der Waals surface area contributed by atoms with E-state index in [0.717, 1.165) is 6.54 Å². The summed E-state index contributed by atoms with van der Waals surface area (Å²) in [7, 11) is -1.48. The van der Waals surface area contributed by atoms with E-state index in [1.165, 1.54) is 4.31 Å². The van der Waals surface area contributed by atoms with Crippen LogP contribution >= 0.6 is 0 Å². The Labute approximate surface area is 100 Å². The van der Waals surface area contributed by atoms with Gasteiger partial charge in [0.05, 0.1) is 5.75 Å². The van der Waals surface area contributed by atoms with Crippen LogP contribution in [-0.2, 0) is 10.0 Å². The summed E-state index contributed by atoms with van der Waals surface area (Å²) in [4.78, 5) is 0. The molecule has 1 unspecified atom stereocenters. The number of sulfonamides is 1. The standard InChI is InChI=1S/C11H26N2O2S/c1-7-12-8-9-16(14,15)13(6)10(2)11(3,4)5/h10,12H,7-9H2,1-6H3. The zero-order valence-electron chi connectivity index (χ0n) is 11.4. The van der Waals surface area contributed by atoms with Crippen LogP contribution < -0.4 is 5.32 Å². The summed E-state index contributed by atoms with van der Waals surface area (Å²) in [5.41, 5.74) is -0.0417. The summed E-state index contributed by atoms with van der Waals surface area (Å²) in [5.74, 6) is 0.164. The van der Waals surface area contributed by atoms with Crippen molar-refractivity contribution in [3.05, 3.63) is 0 Å². The molecule has 0 aromatic carbocycles. The van der Waals surface area contributed by atoms with Gasteiger partial charge in [0.2, 0.25) is 10.0 Å². The average molecular weight is 250 g/mol. The molecule has 0 spiro atoms. The zero-order chi connectivity index (χ0) is 13.0. The van der Waals surface area contributed by atoms with Crippen molar-refractivity contribution in [2.45, 2.75) is 40.7 Å². The van der Waals surface area contributed by atoms with Gasteiger partial charge in [-0.2, -0.15) is 0 Å². The average Bonchev–Trinajstić information content (AvgIpc) is 2.14. The lowest BCUT2D eigenvalue weighted by atomic mass is 9.88. The number of hydrogen-bond donors (Lipinski definition) is 1. The van der Waals surface area contributed by atoms with Crippen molar-refractivity contribution in [1.82, 2.24) is 9.62 Å². The van der Waals surface area contributed by atoms with Crippen LogP contribution in [0.4, 0.5) is 0 Å². The van der Waals surface area contributed by atoms with Crippen LogP contribution in [0.2, 0.25) is 0 Å². The first-order valence-electron chi connectivity index (χ1n) is 5.79. The third-order valence-electron chi connectivity index (χ3n) is 3.02. The number of hydrogen-bond acceptors (Lipinski definition) is 3. The van der Waals surface area contributed by atoms with Crippen LogP contribution in [0.15, 0.2) is 0 Å². The first-order valence-corrected chi connectivity index (χ1v) is 7.40. The summed E-state index contributed by atoms with van der Waals surface area (Å²) in [6.45, 7) is 11.4. The minimum absolute atomic E-state index is 0.000809. The van der Waals surface area contributed by atoms with Gasteiger partial charge in [0, 0.05) is 19.6 Å². The number of rotatable bonds is 6. The van der Waals surface area contributed by atoms with Gasteiger partial charge in [0.25, 0.3) is 0 Å². The van der Waals surface area contributed by atoms with Crippen LogP contribution in [0.1, 0.15) is 34.6 Å². The van der Waals surface area contributed by atoms with Gasteiger partial charge in [0.1, 0.15) is 0 Å². The third kappa shape index (κ3) is 4.80. The molecule has 5 heteroatoms. The van der Waals surface area contributed by atoms with Crippen LogP contribution in [0, 0.1) is 5.41 Å². The Morgan fingerprint density at radius 3 is 2.19 bits per heavy atom. The molecule has 16 heavy (non-hydrogen) atoms. The Morgan fingerprint density at radius 2 is 1.81 bits per heavy atom. The highest BCUT2D eigenvalue weighted by Gasteiger charge is 2.30. The molecule has 0 fully saturated rings. The molecule has 0 rings (SSSR count). The molecule has 0 saturated heterocycles. The van der Waals surface area contributed by atoms with Crippen LogP contribution in [0.5, 0.6) is 0 Å². The molecule has 0 aromatic rings. The smallest absolute Gasteiger partial charge is 0.215 e. The molecule has 0 aromatic heterocycles. The van der Waals surface area contributed by atoms with Crippen molar-refractivity contribution in [2.24, 2.45) is 5.41 Å². The molecule has 0 amide bonds. The van der Waals surface area contributed by atoms with E-state index in [4.69, 9.17) is 0 Å². The van der Waals surface area contributed by atoms with Crippen molar-refractivity contribution in [2.75, 3.05) is 25.9 Å². The topological polar surface area (TPSA) is 49.4 Å². The van der Waals surface area contributed by atoms with Crippen molar-refractivity contribution < 1.29 is 8.42 Å². The third-order valence-corrected chi connectivity index (χ3v) is 4.94. The van der Waals surface area contributed by atoms with Crippen LogP contribution in [0.3, 0.4) is 0 Å². The Balaban J connectivity index is 4.52. The molecule has 4 nitrogen and oxygen atoms in total. The Morgan fingerprint density at radius 1 is 1.31 bits per heavy atom. The van der Waals surface area contributed by atoms with Crippen LogP contribution in [0.25, 0.3) is 0 Å². The van der Waals surface area contributed by atoms with E-state index < -0.39 is 10.0 Å². The number of nitrogens with one attached hydrogen (secondary N) is 1. The molecule has 0 aliphatic rings. The summed E-state index contributed by atoms with van der Waals surface area (Å²) in [6.07, 6.45) is 0. The van der Waals surface area contributed by atoms with Gasteiger partial charge in [-0.05, 0) is 18.9 Å². The molecule has 0 bridgehead atoms. The molecule has 0 aliphatic heterocycles. The predicted molar refractivity (Wildman–Crippen MR) is 69.0 cm³/mol. The fraction of sp³-hybridized carbons (Fsp3) is 1.00. The van der Waals surface area contributed by atoms with E-state index in [0.29, 0.717) is 6.54 Å². The van der Waals surface area contributed by atoms with E-state index in [9.17, 15) is 8.42 Å². The Kier molecular flexibility index (Phi) is 5.93. The summed E-state index contributed by atoms with van der Waals surface area (Å²) in [6, 6.07) is -0.000809. The normalized spacial score (nSPS) is 15.4. The maximum Gasteiger partial charge on any atom is 0.215 e. The second kappa shape index (κ2) is 5.98. The maximum atomic E-state index is 12.0. The fourth-order valence-electron chi connectivity index (χ4n) is 1.31. The molecule has 1 atom stereocenters. The molecule has 0 radical (unpaired) electrons. The van der Waals surface area contributed by atoms with Gasteiger partial charge >= 0.3 is 0 Å². The molecule has 1 N–H and O–H groups in total. The SMILES string of the molecule is CCNCCS(=O)(=O)N(C)C(C)C(C)(C)C. The minimum atomic E-state index is -3.14. The second-order valence-corrected chi connectivity index (χ2v) is 7.38. The van der Waals surface area contributed by atoms with Crippen molar-refractivity contribution in [1.29, 1.82) is 0 Å². The van der Waals surface area contributed by atoms with E-state index in [1.807, 2.05) is 34.6 Å². The van der Waals surface area contributed by atoms with Crippen molar-refractivity contribution in [3.8, 4) is 0 Å². The molecular weight excluding hydrogens is 224 g/mol. The lowest BCUT2D eigenvalue weighted by Gasteiger charge is -2.34. The van der Waals surface area contributed by atoms with E-state index in [1.54, 1.807) is 7.05 Å². The monoisotopic (exact) mass is 250 g/mol. The first kappa shape index (κ1) is 15.9. The molecule has 0 saturated carbocycles. The van der Waals surface area contributed by atoms with Gasteiger partial charge < -0.3 is 5.32 Å². The lowest BCUT2D eigenvalue weighted by molar-refractivity contribution is 0.216. The maximum absolute atomic E-state index is 12.0. The lowest BCUT2D eigenvalue weighted by Crippen LogP contribution is -2.45. The van der Waals surface area contributed by atoms with Gasteiger partial charge in [-0.1, -0.05) is 27.7 Å². The van der Waals surface area contributed by atoms with Gasteiger partial charge in [-0.3, -0.25) is 0 Å². The van der Waals surface area contributed by atoms with Crippen molar-refractivity contribution >= 4 is 10.0 Å². The number of nitrogens with zero attached hydrogens (tertiary/aromatic N) is 1. The Bertz CT molecular complexity index is 294. The quantitative estimate of drug-likeness (QED) is 0.723. The highest BCUT2D eigenvalue weighted by atomic mass is 32.2. The van der Waals surface area contributed by atoms with Gasteiger partial charge in [0.15, 0.2) is 0 Å². The molecule has 98 valence electrons. The summed E-state index contributed by atoms with van der Waals surface area (Å²) in [5, 5.41) is 3.03. The zero-order valence-corrected chi connectivity index (χ0v) is 12.2. The highest BCUT2D eigenvalue weighted by Crippen LogP contribution is 2.24. The second-order valence-electron chi connectivity index (χ2n) is 5.23. The molecule has 0 heterocycles. The van der Waals surface area contributed by atoms with Gasteiger partial charge in [-0.25, -0.2) is 12.7 Å². The minimum Gasteiger partial charge on any atom is -0.316 e. The van der Waals surface area contributed by atoms with Crippen LogP contribution in [-0.4, -0.2) is 44.7 Å². The summed E-state index contributed by atoms with van der Waals surface area (Å²) >= 11 is 0. The first-order chi connectivity index (χ1) is 7.13. The highest BCUT2D eigenvalue weighted by molar-refractivity contribution is 7.89. The molecular formula is C11H26N2O2S. The summed E-state index contributed by atoms with van der Waals surface area (Å²) < 4.78 is 25.4. The fourth-order valence-corrected chi connectivity index (χ4v) is 2.80. The van der Waals surface area contributed by atoms with Crippen molar-refractivity contribution in [3.63, 3.8) is 0 Å². The van der Waals surface area contributed by atoms with E-state index in [-0.39, 0.29) is 17.2 Å². The molecule has 0 aliphatic carbocycles. The largest absolute Gasteiger partial charge is 0.316 e. The van der Waals surface area contributed by atoms with Gasteiger partial charge in [-0.15, -0.1) is 0 Å². The predicted octanol–water partition coefficient (Wildman–Crippen LogP) is 1.29. The van der Waals surface area contributed by atoms with E-state index >= 15 is 0 Å². The van der Waals surface area contributed by atoms with E-state index in [2.05, 4.69) is 5.32 Å².